The minimum atomic E-state index is -0.440. The second-order valence-electron chi connectivity index (χ2n) is 9.57. The standard InChI is InChI=1S/C23H32O4/c1-4-18(14-11-20(25)27-13-14)23(3)10-8-19-17(21(23)26)6-5-15-12-16(24)7-9-22(15,19)2/h11,15-16,18,24H,4-10,12-13H2,1-3H3/t15-,16+,18-,22+,23-/m1/s1. The fraction of sp³-hybridized carbons (Fsp3) is 0.739. The Labute approximate surface area is 162 Å². The van der Waals surface area contributed by atoms with Crippen LogP contribution in [0.3, 0.4) is 0 Å². The Morgan fingerprint density at radius 1 is 1.22 bits per heavy atom. The molecular formula is C23H32O4. The van der Waals surface area contributed by atoms with Crippen molar-refractivity contribution in [3.8, 4) is 0 Å². The number of aliphatic hydroxyl groups excluding tert-OH is 1. The van der Waals surface area contributed by atoms with E-state index in [0.717, 1.165) is 62.5 Å². The van der Waals surface area contributed by atoms with Gasteiger partial charge in [-0.2, -0.15) is 0 Å². The van der Waals surface area contributed by atoms with Crippen molar-refractivity contribution in [1.29, 1.82) is 0 Å². The highest BCUT2D eigenvalue weighted by Crippen LogP contribution is 2.59. The van der Waals surface area contributed by atoms with Crippen molar-refractivity contribution in [3.05, 3.63) is 22.8 Å². The topological polar surface area (TPSA) is 63.6 Å². The van der Waals surface area contributed by atoms with Crippen LogP contribution in [0.5, 0.6) is 0 Å². The Balaban J connectivity index is 1.68. The molecule has 1 heterocycles. The van der Waals surface area contributed by atoms with Crippen LogP contribution in [-0.2, 0) is 14.3 Å². The molecule has 1 fully saturated rings. The van der Waals surface area contributed by atoms with E-state index in [1.165, 1.54) is 5.57 Å². The SMILES string of the molecule is CC[C@H](C1=CC(=O)OC1)[C@@]1(C)CCC2=C(CC[C@@H]3C[C@@H](O)CC[C@]23C)C1=O. The first kappa shape index (κ1) is 18.9. The largest absolute Gasteiger partial charge is 0.458 e. The second-order valence-corrected chi connectivity index (χ2v) is 9.57. The number of hydrogen-bond acceptors (Lipinski definition) is 4. The van der Waals surface area contributed by atoms with Gasteiger partial charge < -0.3 is 9.84 Å². The van der Waals surface area contributed by atoms with Crippen molar-refractivity contribution in [2.24, 2.45) is 22.7 Å². The molecule has 1 aliphatic heterocycles. The molecule has 0 saturated heterocycles. The first-order valence-corrected chi connectivity index (χ1v) is 10.6. The van der Waals surface area contributed by atoms with Crippen molar-refractivity contribution in [3.63, 3.8) is 0 Å². The highest BCUT2D eigenvalue weighted by atomic mass is 16.5. The van der Waals surface area contributed by atoms with Crippen molar-refractivity contribution in [2.45, 2.75) is 78.2 Å². The van der Waals surface area contributed by atoms with E-state index < -0.39 is 5.41 Å². The summed E-state index contributed by atoms with van der Waals surface area (Å²) in [7, 11) is 0. The molecule has 0 unspecified atom stereocenters. The van der Waals surface area contributed by atoms with Crippen molar-refractivity contribution in [2.75, 3.05) is 6.61 Å². The number of allylic oxidation sites excluding steroid dienone is 2. The zero-order chi connectivity index (χ0) is 19.4. The number of cyclic esters (lactones) is 1. The average Bonchev–Trinajstić information content (AvgIpc) is 3.05. The monoisotopic (exact) mass is 372 g/mol. The molecule has 5 atom stereocenters. The van der Waals surface area contributed by atoms with E-state index in [4.69, 9.17) is 4.74 Å². The van der Waals surface area contributed by atoms with Gasteiger partial charge in [0.05, 0.1) is 6.10 Å². The summed E-state index contributed by atoms with van der Waals surface area (Å²) in [5.41, 5.74) is 3.09. The number of fused-ring (bicyclic) bond motifs is 2. The van der Waals surface area contributed by atoms with Crippen molar-refractivity contribution >= 4 is 11.8 Å². The van der Waals surface area contributed by atoms with Gasteiger partial charge >= 0.3 is 5.97 Å². The van der Waals surface area contributed by atoms with E-state index >= 15 is 0 Å². The zero-order valence-electron chi connectivity index (χ0n) is 16.8. The Morgan fingerprint density at radius 3 is 2.67 bits per heavy atom. The number of esters is 1. The van der Waals surface area contributed by atoms with E-state index in [1.807, 2.05) is 0 Å². The fourth-order valence-electron chi connectivity index (χ4n) is 6.60. The van der Waals surface area contributed by atoms with Crippen LogP contribution < -0.4 is 0 Å². The highest BCUT2D eigenvalue weighted by molar-refractivity contribution is 6.02. The third-order valence-corrected chi connectivity index (χ3v) is 8.25. The summed E-state index contributed by atoms with van der Waals surface area (Å²) in [6.07, 6.45) is 8.67. The molecule has 27 heavy (non-hydrogen) atoms. The number of Topliss-reactive ketones (excluding diaryl/α,β-unsaturated/α-hetero) is 1. The molecule has 4 rings (SSSR count). The maximum atomic E-state index is 13.7. The van der Waals surface area contributed by atoms with Gasteiger partial charge in [0.25, 0.3) is 0 Å². The number of hydrogen-bond donors (Lipinski definition) is 1. The van der Waals surface area contributed by atoms with Crippen LogP contribution in [0.2, 0.25) is 0 Å². The molecule has 4 heteroatoms. The van der Waals surface area contributed by atoms with Crippen molar-refractivity contribution in [1.82, 2.24) is 0 Å². The summed E-state index contributed by atoms with van der Waals surface area (Å²) < 4.78 is 5.14. The molecule has 0 radical (unpaired) electrons. The van der Waals surface area contributed by atoms with Crippen LogP contribution in [0.4, 0.5) is 0 Å². The molecule has 4 nitrogen and oxygen atoms in total. The smallest absolute Gasteiger partial charge is 0.331 e. The van der Waals surface area contributed by atoms with Gasteiger partial charge in [-0.3, -0.25) is 4.79 Å². The quantitative estimate of drug-likeness (QED) is 0.757. The van der Waals surface area contributed by atoms with E-state index in [0.29, 0.717) is 18.3 Å². The number of rotatable bonds is 3. The molecule has 148 valence electrons. The molecule has 0 aromatic carbocycles. The lowest BCUT2D eigenvalue weighted by atomic mass is 9.51. The fourth-order valence-corrected chi connectivity index (χ4v) is 6.60. The van der Waals surface area contributed by atoms with E-state index in [-0.39, 0.29) is 23.4 Å². The van der Waals surface area contributed by atoms with Crippen LogP contribution in [0.25, 0.3) is 0 Å². The summed E-state index contributed by atoms with van der Waals surface area (Å²) in [6, 6.07) is 0. The summed E-state index contributed by atoms with van der Waals surface area (Å²) in [5, 5.41) is 10.1. The molecule has 1 saturated carbocycles. The summed E-state index contributed by atoms with van der Waals surface area (Å²) in [5.74, 6) is 0.609. The molecule has 0 amide bonds. The number of ether oxygens (including phenoxy) is 1. The van der Waals surface area contributed by atoms with Gasteiger partial charge in [0, 0.05) is 11.5 Å². The molecule has 0 aromatic rings. The van der Waals surface area contributed by atoms with Gasteiger partial charge in [0.2, 0.25) is 0 Å². The third-order valence-electron chi connectivity index (χ3n) is 8.25. The van der Waals surface area contributed by atoms with E-state index in [1.54, 1.807) is 6.08 Å². The molecule has 4 aliphatic rings. The van der Waals surface area contributed by atoms with Gasteiger partial charge in [-0.15, -0.1) is 0 Å². The van der Waals surface area contributed by atoms with E-state index in [9.17, 15) is 14.7 Å². The maximum Gasteiger partial charge on any atom is 0.331 e. The Bertz CT molecular complexity index is 733. The van der Waals surface area contributed by atoms with Gasteiger partial charge in [-0.25, -0.2) is 4.79 Å². The van der Waals surface area contributed by atoms with Crippen LogP contribution in [-0.4, -0.2) is 29.6 Å². The number of carbonyl (C=O) groups excluding carboxylic acids is 2. The lowest BCUT2D eigenvalue weighted by Crippen LogP contribution is -2.47. The van der Waals surface area contributed by atoms with E-state index in [2.05, 4.69) is 20.8 Å². The number of ketones is 1. The maximum absolute atomic E-state index is 13.7. The predicted molar refractivity (Wildman–Crippen MR) is 103 cm³/mol. The Kier molecular flexibility index (Phi) is 4.61. The molecular weight excluding hydrogens is 340 g/mol. The van der Waals surface area contributed by atoms with Gasteiger partial charge in [0.15, 0.2) is 5.78 Å². The molecule has 1 N–H and O–H groups in total. The first-order valence-electron chi connectivity index (χ1n) is 10.6. The Hall–Kier alpha value is -1.42. The highest BCUT2D eigenvalue weighted by Gasteiger charge is 2.53. The van der Waals surface area contributed by atoms with Gasteiger partial charge in [0.1, 0.15) is 6.61 Å². The van der Waals surface area contributed by atoms with Gasteiger partial charge in [-0.1, -0.05) is 26.3 Å². The second kappa shape index (κ2) is 6.58. The zero-order valence-corrected chi connectivity index (χ0v) is 16.8. The average molecular weight is 373 g/mol. The number of carbonyl (C=O) groups is 2. The minimum Gasteiger partial charge on any atom is -0.458 e. The van der Waals surface area contributed by atoms with Crippen LogP contribution in [0.15, 0.2) is 22.8 Å². The minimum absolute atomic E-state index is 0.0733. The molecule has 0 aromatic heterocycles. The molecule has 0 bridgehead atoms. The number of aliphatic hydroxyl groups is 1. The third kappa shape index (κ3) is 2.83. The first-order chi connectivity index (χ1) is 12.8. The Morgan fingerprint density at radius 2 is 2.00 bits per heavy atom. The lowest BCUT2D eigenvalue weighted by Gasteiger charge is -2.52. The molecule has 3 aliphatic carbocycles. The van der Waals surface area contributed by atoms with Crippen LogP contribution >= 0.6 is 0 Å². The van der Waals surface area contributed by atoms with Crippen LogP contribution in [0, 0.1) is 22.7 Å². The summed E-state index contributed by atoms with van der Waals surface area (Å²) >= 11 is 0. The van der Waals surface area contributed by atoms with Crippen LogP contribution in [0.1, 0.15) is 72.1 Å². The van der Waals surface area contributed by atoms with Gasteiger partial charge in [-0.05, 0) is 79.8 Å². The lowest BCUT2D eigenvalue weighted by molar-refractivity contribution is -0.135. The van der Waals surface area contributed by atoms with Crippen molar-refractivity contribution < 1.29 is 19.4 Å². The molecule has 0 spiro atoms. The summed E-state index contributed by atoms with van der Waals surface area (Å²) in [4.78, 5) is 25.3. The predicted octanol–water partition coefficient (Wildman–Crippen LogP) is 4.12. The normalized spacial score (nSPS) is 40.2. The summed E-state index contributed by atoms with van der Waals surface area (Å²) in [6.45, 7) is 6.88.